The quantitative estimate of drug-likeness (QED) is 0.707. The highest BCUT2D eigenvalue weighted by Crippen LogP contribution is 2.38. The number of nitrogens with zero attached hydrogens (tertiary/aromatic N) is 1. The molecule has 90 valence electrons. The van der Waals surface area contributed by atoms with Crippen LogP contribution in [0.25, 0.3) is 0 Å². The molecule has 1 atom stereocenters. The van der Waals surface area contributed by atoms with E-state index in [1.54, 1.807) is 0 Å². The van der Waals surface area contributed by atoms with Crippen LogP contribution in [0.4, 0.5) is 0 Å². The van der Waals surface area contributed by atoms with Crippen molar-refractivity contribution in [3.8, 4) is 0 Å². The highest BCUT2D eigenvalue weighted by molar-refractivity contribution is 6.70. The first-order valence-electron chi connectivity index (χ1n) is 6.23. The zero-order valence-electron chi connectivity index (χ0n) is 10.7. The van der Waals surface area contributed by atoms with Crippen molar-refractivity contribution in [1.29, 1.82) is 0 Å². The van der Waals surface area contributed by atoms with Crippen LogP contribution in [0, 0.1) is 0 Å². The summed E-state index contributed by atoms with van der Waals surface area (Å²) in [5.41, 5.74) is 0.771. The third kappa shape index (κ3) is 2.81. The molecule has 15 heavy (non-hydrogen) atoms. The van der Waals surface area contributed by atoms with Crippen molar-refractivity contribution in [1.82, 2.24) is 9.55 Å². The molecule has 0 amide bonds. The predicted molar refractivity (Wildman–Crippen MR) is 67.0 cm³/mol. The number of rotatable bonds is 6. The van der Waals surface area contributed by atoms with Gasteiger partial charge in [-0.05, 0) is 40.4 Å². The molecule has 1 saturated carbocycles. The van der Waals surface area contributed by atoms with Gasteiger partial charge in [-0.2, -0.15) is 0 Å². The van der Waals surface area contributed by atoms with Crippen LogP contribution in [-0.2, 0) is 4.43 Å². The van der Waals surface area contributed by atoms with Gasteiger partial charge in [-0.1, -0.05) is 19.8 Å². The third-order valence-electron chi connectivity index (χ3n) is 3.37. The molecule has 1 fully saturated rings. The van der Waals surface area contributed by atoms with Gasteiger partial charge >= 0.3 is 8.64 Å². The minimum absolute atomic E-state index is 0.771. The van der Waals surface area contributed by atoms with Crippen LogP contribution in [0.5, 0.6) is 0 Å². The van der Waals surface area contributed by atoms with Gasteiger partial charge in [0.05, 0.1) is 0 Å². The number of nitrogens with one attached hydrogen (secondary N) is 1. The lowest BCUT2D eigenvalue weighted by Crippen LogP contribution is -2.66. The van der Waals surface area contributed by atoms with Gasteiger partial charge in [-0.25, -0.2) is 0 Å². The summed E-state index contributed by atoms with van der Waals surface area (Å²) >= 11 is 0. The van der Waals surface area contributed by atoms with Crippen LogP contribution in [0.15, 0.2) is 0 Å². The monoisotopic (exact) mass is 230 g/mol. The third-order valence-corrected chi connectivity index (χ3v) is 7.97. The number of hydrogen-bond acceptors (Lipinski definition) is 3. The maximum absolute atomic E-state index is 6.17. The van der Waals surface area contributed by atoms with Crippen LogP contribution in [0.2, 0.25) is 5.54 Å². The molecule has 0 heterocycles. The van der Waals surface area contributed by atoms with Gasteiger partial charge in [0.2, 0.25) is 0 Å². The maximum atomic E-state index is 6.17. The molecule has 3 nitrogen and oxygen atoms in total. The van der Waals surface area contributed by atoms with Crippen molar-refractivity contribution in [2.45, 2.75) is 45.1 Å². The molecule has 1 unspecified atom stereocenters. The van der Waals surface area contributed by atoms with Gasteiger partial charge in [-0.15, -0.1) is 0 Å². The van der Waals surface area contributed by atoms with E-state index in [2.05, 4.69) is 37.5 Å². The highest BCUT2D eigenvalue weighted by Gasteiger charge is 2.47. The van der Waals surface area contributed by atoms with Gasteiger partial charge < -0.3 is 9.41 Å². The predicted octanol–water partition coefficient (Wildman–Crippen LogP) is 2.08. The Labute approximate surface area is 95.5 Å². The minimum atomic E-state index is -1.86. The summed E-state index contributed by atoms with van der Waals surface area (Å²) in [7, 11) is 2.48. The Morgan fingerprint density at radius 1 is 1.27 bits per heavy atom. The second-order valence-corrected chi connectivity index (χ2v) is 8.28. The minimum Gasteiger partial charge on any atom is -0.392 e. The molecule has 0 aromatic rings. The summed E-state index contributed by atoms with van der Waals surface area (Å²) in [6, 6.07) is 0. The SMILES string of the molecule is CCN[Si](OCC)(C1CCCC1)N(C)C. The van der Waals surface area contributed by atoms with Crippen LogP contribution < -0.4 is 4.98 Å². The lowest BCUT2D eigenvalue weighted by atomic mass is 10.4. The molecule has 0 saturated heterocycles. The Morgan fingerprint density at radius 3 is 2.27 bits per heavy atom. The summed E-state index contributed by atoms with van der Waals surface area (Å²) in [5, 5.41) is 0. The van der Waals surface area contributed by atoms with E-state index in [0.29, 0.717) is 0 Å². The fourth-order valence-electron chi connectivity index (χ4n) is 2.76. The molecule has 0 radical (unpaired) electrons. The molecular formula is C11H26N2OSi. The first kappa shape index (κ1) is 13.2. The van der Waals surface area contributed by atoms with Gasteiger partial charge in [-0.3, -0.25) is 4.57 Å². The van der Waals surface area contributed by atoms with E-state index in [1.165, 1.54) is 25.7 Å². The second-order valence-electron chi connectivity index (χ2n) is 4.54. The molecule has 4 heteroatoms. The van der Waals surface area contributed by atoms with Gasteiger partial charge in [0, 0.05) is 12.1 Å². The van der Waals surface area contributed by atoms with E-state index in [4.69, 9.17) is 4.43 Å². The average Bonchev–Trinajstić information content (AvgIpc) is 2.70. The van der Waals surface area contributed by atoms with Crippen molar-refractivity contribution >= 4 is 8.64 Å². The first-order valence-corrected chi connectivity index (χ1v) is 8.17. The van der Waals surface area contributed by atoms with E-state index < -0.39 is 8.64 Å². The van der Waals surface area contributed by atoms with Crippen LogP contribution in [-0.4, -0.2) is 40.5 Å². The lowest BCUT2D eigenvalue weighted by molar-refractivity contribution is 0.249. The van der Waals surface area contributed by atoms with Gasteiger partial charge in [0.1, 0.15) is 0 Å². The summed E-state index contributed by atoms with van der Waals surface area (Å²) < 4.78 is 8.51. The fraction of sp³-hybridized carbons (Fsp3) is 1.00. The summed E-state index contributed by atoms with van der Waals surface area (Å²) in [5.74, 6) is 0. The molecule has 1 aliphatic carbocycles. The Hall–Kier alpha value is 0.0969. The van der Waals surface area contributed by atoms with Crippen molar-refractivity contribution in [2.24, 2.45) is 0 Å². The van der Waals surface area contributed by atoms with Crippen LogP contribution in [0.3, 0.4) is 0 Å². The normalized spacial score (nSPS) is 22.2. The maximum Gasteiger partial charge on any atom is 0.357 e. The Bertz CT molecular complexity index is 175. The standard InChI is InChI=1S/C11H26N2OSi/c1-5-12-15(13(3)4,14-6-2)11-9-7-8-10-11/h11-12H,5-10H2,1-4H3. The average molecular weight is 230 g/mol. The van der Waals surface area contributed by atoms with Crippen molar-refractivity contribution in [2.75, 3.05) is 27.2 Å². The molecular weight excluding hydrogens is 204 g/mol. The largest absolute Gasteiger partial charge is 0.392 e. The van der Waals surface area contributed by atoms with Crippen LogP contribution in [0.1, 0.15) is 39.5 Å². The topological polar surface area (TPSA) is 24.5 Å². The Balaban J connectivity index is 2.78. The lowest BCUT2D eigenvalue weighted by Gasteiger charge is -2.41. The van der Waals surface area contributed by atoms with Crippen molar-refractivity contribution in [3.05, 3.63) is 0 Å². The summed E-state index contributed by atoms with van der Waals surface area (Å²) in [6.45, 7) is 6.13. The first-order chi connectivity index (χ1) is 7.17. The van der Waals surface area contributed by atoms with E-state index in [-0.39, 0.29) is 0 Å². The zero-order valence-corrected chi connectivity index (χ0v) is 11.7. The summed E-state index contributed by atoms with van der Waals surface area (Å²) in [6.07, 6.45) is 5.45. The van der Waals surface area contributed by atoms with Crippen molar-refractivity contribution in [3.63, 3.8) is 0 Å². The molecule has 0 bridgehead atoms. The molecule has 0 spiro atoms. The molecule has 0 aliphatic heterocycles. The Morgan fingerprint density at radius 2 is 1.87 bits per heavy atom. The number of hydrogen-bond donors (Lipinski definition) is 1. The molecule has 0 aromatic carbocycles. The molecule has 0 aromatic heterocycles. The van der Waals surface area contributed by atoms with Gasteiger partial charge in [0.25, 0.3) is 0 Å². The highest BCUT2D eigenvalue weighted by atomic mass is 28.4. The van der Waals surface area contributed by atoms with E-state index in [1.807, 2.05) is 0 Å². The van der Waals surface area contributed by atoms with Crippen molar-refractivity contribution < 1.29 is 4.43 Å². The van der Waals surface area contributed by atoms with E-state index in [0.717, 1.165) is 18.7 Å². The smallest absolute Gasteiger partial charge is 0.357 e. The second kappa shape index (κ2) is 5.99. The molecule has 1 aliphatic rings. The van der Waals surface area contributed by atoms with Crippen LogP contribution >= 0.6 is 0 Å². The van der Waals surface area contributed by atoms with E-state index >= 15 is 0 Å². The Kier molecular flexibility index (Phi) is 5.25. The van der Waals surface area contributed by atoms with Gasteiger partial charge in [0.15, 0.2) is 0 Å². The fourth-order valence-corrected chi connectivity index (χ4v) is 6.82. The molecule has 1 rings (SSSR count). The molecule has 1 N–H and O–H groups in total. The summed E-state index contributed by atoms with van der Waals surface area (Å²) in [4.78, 5) is 3.68. The van der Waals surface area contributed by atoms with E-state index in [9.17, 15) is 0 Å². The zero-order chi connectivity index (χ0) is 11.3.